The minimum absolute atomic E-state index is 0.0436. The molecule has 0 bridgehead atoms. The smallest absolute Gasteiger partial charge is 0.196 e. The summed E-state index contributed by atoms with van der Waals surface area (Å²) in [6, 6.07) is 15.7. The minimum Gasteiger partial charge on any atom is -0.354 e. The quantitative estimate of drug-likeness (QED) is 0.724. The Bertz CT molecular complexity index is 818. The molecular formula is C19H13NO. The van der Waals surface area contributed by atoms with Gasteiger partial charge in [0.05, 0.1) is 11.3 Å². The molecular weight excluding hydrogens is 258 g/mol. The summed E-state index contributed by atoms with van der Waals surface area (Å²) >= 11 is 0. The Balaban J connectivity index is 1.86. The van der Waals surface area contributed by atoms with Crippen LogP contribution in [0.15, 0.2) is 72.5 Å². The van der Waals surface area contributed by atoms with Crippen LogP contribution in [0.2, 0.25) is 0 Å². The topological polar surface area (TPSA) is 29.1 Å². The number of allylic oxidation sites excluding steroid dienone is 3. The molecule has 0 amide bonds. The Morgan fingerprint density at radius 3 is 2.38 bits per heavy atom. The Labute approximate surface area is 123 Å². The zero-order valence-electron chi connectivity index (χ0n) is 11.4. The number of nitrogens with one attached hydrogen (secondary N) is 1. The van der Waals surface area contributed by atoms with E-state index >= 15 is 0 Å². The van der Waals surface area contributed by atoms with E-state index in [4.69, 9.17) is 0 Å². The van der Waals surface area contributed by atoms with Gasteiger partial charge in [-0.05, 0) is 28.8 Å². The second kappa shape index (κ2) is 4.32. The van der Waals surface area contributed by atoms with Gasteiger partial charge in [0, 0.05) is 11.3 Å². The molecule has 0 fully saturated rings. The number of para-hydroxylation sites is 1. The van der Waals surface area contributed by atoms with E-state index < -0.39 is 0 Å². The first-order chi connectivity index (χ1) is 10.3. The molecule has 2 aromatic rings. The van der Waals surface area contributed by atoms with Gasteiger partial charge in [0.1, 0.15) is 0 Å². The molecule has 100 valence electrons. The lowest BCUT2D eigenvalue weighted by molar-refractivity contribution is 0.104. The summed E-state index contributed by atoms with van der Waals surface area (Å²) in [4.78, 5) is 12.6. The highest BCUT2D eigenvalue weighted by molar-refractivity contribution is 6.27. The van der Waals surface area contributed by atoms with Gasteiger partial charge in [-0.3, -0.25) is 4.79 Å². The summed E-state index contributed by atoms with van der Waals surface area (Å²) in [6.07, 6.45) is 3.98. The summed E-state index contributed by atoms with van der Waals surface area (Å²) < 4.78 is 0. The number of hydrogen-bond acceptors (Lipinski definition) is 2. The fraction of sp³-hybridized carbons (Fsp3) is 0. The molecule has 4 rings (SSSR count). The maximum Gasteiger partial charge on any atom is 0.196 e. The third kappa shape index (κ3) is 1.69. The minimum atomic E-state index is 0.0436. The Kier molecular flexibility index (Phi) is 2.45. The SMILES string of the molecule is C=C1/C(=C2\C=Cc3ccccc3N2)C(=O)c2ccccc21. The van der Waals surface area contributed by atoms with Crippen molar-refractivity contribution in [3.8, 4) is 0 Å². The van der Waals surface area contributed by atoms with E-state index in [-0.39, 0.29) is 5.78 Å². The fourth-order valence-electron chi connectivity index (χ4n) is 2.90. The van der Waals surface area contributed by atoms with Crippen molar-refractivity contribution in [1.82, 2.24) is 0 Å². The maximum absolute atomic E-state index is 12.6. The van der Waals surface area contributed by atoms with E-state index in [0.717, 1.165) is 33.6 Å². The van der Waals surface area contributed by atoms with Crippen molar-refractivity contribution < 1.29 is 4.79 Å². The number of rotatable bonds is 0. The van der Waals surface area contributed by atoms with Crippen LogP contribution in [0.3, 0.4) is 0 Å². The number of Topliss-reactive ketones (excluding diaryl/α,β-unsaturated/α-hetero) is 1. The van der Waals surface area contributed by atoms with Gasteiger partial charge in [-0.1, -0.05) is 55.1 Å². The third-order valence-corrected chi connectivity index (χ3v) is 3.95. The first kappa shape index (κ1) is 11.9. The molecule has 2 aromatic carbocycles. The first-order valence-electron chi connectivity index (χ1n) is 6.87. The highest BCUT2D eigenvalue weighted by Gasteiger charge is 2.30. The Morgan fingerprint density at radius 1 is 0.857 bits per heavy atom. The standard InChI is InChI=1S/C19H13NO/c1-12-14-7-3-4-8-15(14)19(21)18(12)17-11-10-13-6-2-5-9-16(13)20-17/h2-11,20H,1H2/b18-17-. The molecule has 1 aliphatic carbocycles. The number of carbonyl (C=O) groups excluding carboxylic acids is 1. The van der Waals surface area contributed by atoms with Crippen LogP contribution in [0.5, 0.6) is 0 Å². The van der Waals surface area contributed by atoms with Crippen molar-refractivity contribution in [2.24, 2.45) is 0 Å². The number of anilines is 1. The molecule has 0 radical (unpaired) electrons. The van der Waals surface area contributed by atoms with Crippen LogP contribution in [0.1, 0.15) is 21.5 Å². The van der Waals surface area contributed by atoms with Gasteiger partial charge in [-0.25, -0.2) is 0 Å². The molecule has 2 aliphatic rings. The normalized spacial score (nSPS) is 19.2. The summed E-state index contributed by atoms with van der Waals surface area (Å²) in [6.45, 7) is 4.11. The van der Waals surface area contributed by atoms with Crippen molar-refractivity contribution in [2.45, 2.75) is 0 Å². The van der Waals surface area contributed by atoms with E-state index in [1.54, 1.807) is 0 Å². The molecule has 1 N–H and O–H groups in total. The van der Waals surface area contributed by atoms with E-state index in [0.29, 0.717) is 5.57 Å². The number of ketones is 1. The van der Waals surface area contributed by atoms with Crippen LogP contribution < -0.4 is 5.32 Å². The lowest BCUT2D eigenvalue weighted by Gasteiger charge is -2.17. The zero-order valence-corrected chi connectivity index (χ0v) is 11.4. The number of hydrogen-bond donors (Lipinski definition) is 1. The summed E-state index contributed by atoms with van der Waals surface area (Å²) in [5.74, 6) is 0.0436. The fourth-order valence-corrected chi connectivity index (χ4v) is 2.90. The van der Waals surface area contributed by atoms with Gasteiger partial charge < -0.3 is 5.32 Å². The molecule has 0 saturated carbocycles. The third-order valence-electron chi connectivity index (χ3n) is 3.95. The Hall–Kier alpha value is -2.87. The van der Waals surface area contributed by atoms with E-state index in [2.05, 4.69) is 11.9 Å². The van der Waals surface area contributed by atoms with E-state index in [9.17, 15) is 4.79 Å². The molecule has 1 aliphatic heterocycles. The Morgan fingerprint density at radius 2 is 1.57 bits per heavy atom. The van der Waals surface area contributed by atoms with Crippen molar-refractivity contribution >= 4 is 23.1 Å². The predicted molar refractivity (Wildman–Crippen MR) is 85.9 cm³/mol. The molecule has 2 heteroatoms. The van der Waals surface area contributed by atoms with Crippen molar-refractivity contribution in [3.05, 3.63) is 89.1 Å². The average molecular weight is 271 g/mol. The number of fused-ring (bicyclic) bond motifs is 2. The first-order valence-corrected chi connectivity index (χ1v) is 6.87. The van der Waals surface area contributed by atoms with E-state index in [1.807, 2.05) is 60.7 Å². The average Bonchev–Trinajstić information content (AvgIpc) is 2.79. The molecule has 1 heterocycles. The number of carbonyl (C=O) groups is 1. The van der Waals surface area contributed by atoms with Crippen molar-refractivity contribution in [3.63, 3.8) is 0 Å². The molecule has 0 spiro atoms. The largest absolute Gasteiger partial charge is 0.354 e. The maximum atomic E-state index is 12.6. The lowest BCUT2D eigenvalue weighted by atomic mass is 10.0. The van der Waals surface area contributed by atoms with Crippen LogP contribution in [0.25, 0.3) is 11.6 Å². The lowest BCUT2D eigenvalue weighted by Crippen LogP contribution is -2.09. The second-order valence-electron chi connectivity index (χ2n) is 5.19. The molecule has 21 heavy (non-hydrogen) atoms. The van der Waals surface area contributed by atoms with Crippen molar-refractivity contribution in [2.75, 3.05) is 5.32 Å². The van der Waals surface area contributed by atoms with Gasteiger partial charge in [0.25, 0.3) is 0 Å². The zero-order chi connectivity index (χ0) is 14.4. The molecule has 0 unspecified atom stereocenters. The van der Waals surface area contributed by atoms with Gasteiger partial charge in [-0.2, -0.15) is 0 Å². The van der Waals surface area contributed by atoms with Gasteiger partial charge in [0.15, 0.2) is 5.78 Å². The van der Waals surface area contributed by atoms with Gasteiger partial charge in [-0.15, -0.1) is 0 Å². The second-order valence-corrected chi connectivity index (χ2v) is 5.19. The monoisotopic (exact) mass is 271 g/mol. The van der Waals surface area contributed by atoms with Crippen LogP contribution in [-0.2, 0) is 0 Å². The highest BCUT2D eigenvalue weighted by atomic mass is 16.1. The molecule has 0 aromatic heterocycles. The summed E-state index contributed by atoms with van der Waals surface area (Å²) in [5.41, 5.74) is 6.08. The van der Waals surface area contributed by atoms with Crippen molar-refractivity contribution in [1.29, 1.82) is 0 Å². The molecule has 0 saturated heterocycles. The van der Waals surface area contributed by atoms with Crippen LogP contribution >= 0.6 is 0 Å². The molecule has 0 atom stereocenters. The van der Waals surface area contributed by atoms with E-state index in [1.165, 1.54) is 0 Å². The highest BCUT2D eigenvalue weighted by Crippen LogP contribution is 2.38. The molecule has 2 nitrogen and oxygen atoms in total. The van der Waals surface area contributed by atoms with Crippen LogP contribution in [0, 0.1) is 0 Å². The van der Waals surface area contributed by atoms with Crippen LogP contribution in [-0.4, -0.2) is 5.78 Å². The van der Waals surface area contributed by atoms with Gasteiger partial charge >= 0.3 is 0 Å². The van der Waals surface area contributed by atoms with Gasteiger partial charge in [0.2, 0.25) is 0 Å². The number of benzene rings is 2. The summed E-state index contributed by atoms with van der Waals surface area (Å²) in [5, 5.41) is 3.35. The predicted octanol–water partition coefficient (Wildman–Crippen LogP) is 4.29. The van der Waals surface area contributed by atoms with Crippen LogP contribution in [0.4, 0.5) is 5.69 Å². The summed E-state index contributed by atoms with van der Waals surface area (Å²) in [7, 11) is 0.